The Hall–Kier alpha value is -1.23. The molecule has 14 heavy (non-hydrogen) atoms. The fraction of sp³-hybridized carbons (Fsp3) is 0.667. The summed E-state index contributed by atoms with van der Waals surface area (Å²) in [6, 6.07) is 0.218. The van der Waals surface area contributed by atoms with Gasteiger partial charge in [-0.3, -0.25) is 0 Å². The molecule has 1 heterocycles. The zero-order chi connectivity index (χ0) is 9.97. The van der Waals surface area contributed by atoms with Gasteiger partial charge in [0.1, 0.15) is 0 Å². The molecule has 1 aromatic heterocycles. The van der Waals surface area contributed by atoms with Gasteiger partial charge in [-0.15, -0.1) is 10.2 Å². The number of nitrogens with two attached hydrogens (primary N) is 1. The quantitative estimate of drug-likeness (QED) is 0.681. The molecule has 0 amide bonds. The van der Waals surface area contributed by atoms with Crippen molar-refractivity contribution in [1.82, 2.24) is 20.2 Å². The Kier molecular flexibility index (Phi) is 2.58. The monoisotopic (exact) mass is 193 g/mol. The average Bonchev–Trinajstić information content (AvgIpc) is 2.51. The molecule has 0 spiro atoms. The molecule has 1 atom stereocenters. The lowest BCUT2D eigenvalue weighted by molar-refractivity contribution is 0.611. The van der Waals surface area contributed by atoms with Gasteiger partial charge in [0.15, 0.2) is 5.82 Å². The van der Waals surface area contributed by atoms with Crippen LogP contribution in [0, 0.1) is 0 Å². The second kappa shape index (κ2) is 3.88. The minimum absolute atomic E-state index is 0.218. The summed E-state index contributed by atoms with van der Waals surface area (Å²) in [5.41, 5.74) is 7.19. The summed E-state index contributed by atoms with van der Waals surface area (Å²) in [6.07, 6.45) is 6.32. The van der Waals surface area contributed by atoms with Gasteiger partial charge in [0.25, 0.3) is 0 Å². The Balaban J connectivity index is 2.03. The van der Waals surface area contributed by atoms with Crippen LogP contribution >= 0.6 is 0 Å². The molecule has 1 aliphatic carbocycles. The standard InChI is InChI=1S/C9H15N5/c1-14-12-9(11-13-14)6-7-3-2-4-8(10)5-7/h5,8H,2-4,6,10H2,1H3. The van der Waals surface area contributed by atoms with Gasteiger partial charge in [-0.05, 0) is 24.5 Å². The predicted molar refractivity (Wildman–Crippen MR) is 52.4 cm³/mol. The minimum Gasteiger partial charge on any atom is -0.324 e. The van der Waals surface area contributed by atoms with E-state index in [0.29, 0.717) is 0 Å². The fourth-order valence-electron chi connectivity index (χ4n) is 1.78. The lowest BCUT2D eigenvalue weighted by Gasteiger charge is -2.16. The Morgan fingerprint density at radius 2 is 2.50 bits per heavy atom. The van der Waals surface area contributed by atoms with E-state index >= 15 is 0 Å². The zero-order valence-electron chi connectivity index (χ0n) is 8.35. The Labute approximate surface area is 83.0 Å². The highest BCUT2D eigenvalue weighted by Crippen LogP contribution is 2.18. The van der Waals surface area contributed by atoms with E-state index in [9.17, 15) is 0 Å². The van der Waals surface area contributed by atoms with Crippen molar-refractivity contribution >= 4 is 0 Å². The van der Waals surface area contributed by atoms with Crippen LogP contribution in [0.2, 0.25) is 0 Å². The molecular formula is C9H15N5. The molecule has 0 bridgehead atoms. The molecule has 0 aromatic carbocycles. The third-order valence-electron chi connectivity index (χ3n) is 2.42. The molecule has 1 unspecified atom stereocenters. The normalized spacial score (nSPS) is 22.1. The Morgan fingerprint density at radius 3 is 3.14 bits per heavy atom. The fourth-order valence-corrected chi connectivity index (χ4v) is 1.78. The minimum atomic E-state index is 0.218. The van der Waals surface area contributed by atoms with E-state index in [4.69, 9.17) is 5.73 Å². The van der Waals surface area contributed by atoms with Crippen molar-refractivity contribution in [2.24, 2.45) is 12.8 Å². The number of hydrogen-bond acceptors (Lipinski definition) is 4. The number of hydrogen-bond donors (Lipinski definition) is 1. The molecule has 2 N–H and O–H groups in total. The van der Waals surface area contributed by atoms with Crippen molar-refractivity contribution in [3.63, 3.8) is 0 Å². The molecule has 0 radical (unpaired) electrons. The van der Waals surface area contributed by atoms with Crippen molar-refractivity contribution in [3.05, 3.63) is 17.5 Å². The number of nitrogens with zero attached hydrogens (tertiary/aromatic N) is 4. The van der Waals surface area contributed by atoms with E-state index in [0.717, 1.165) is 25.1 Å². The van der Waals surface area contributed by atoms with Crippen LogP contribution < -0.4 is 5.73 Å². The maximum absolute atomic E-state index is 5.85. The Morgan fingerprint density at radius 1 is 1.64 bits per heavy atom. The van der Waals surface area contributed by atoms with E-state index in [1.54, 1.807) is 7.05 Å². The van der Waals surface area contributed by atoms with Crippen LogP contribution in [0.25, 0.3) is 0 Å². The highest BCUT2D eigenvalue weighted by Gasteiger charge is 2.12. The van der Waals surface area contributed by atoms with Crippen molar-refractivity contribution < 1.29 is 0 Å². The third kappa shape index (κ3) is 2.17. The maximum Gasteiger partial charge on any atom is 0.178 e. The third-order valence-corrected chi connectivity index (χ3v) is 2.42. The molecule has 76 valence electrons. The first kappa shape index (κ1) is 9.33. The topological polar surface area (TPSA) is 69.6 Å². The second-order valence-corrected chi connectivity index (χ2v) is 3.75. The Bertz CT molecular complexity index is 341. The van der Waals surface area contributed by atoms with Gasteiger partial charge in [-0.1, -0.05) is 11.6 Å². The molecular weight excluding hydrogens is 178 g/mol. The largest absolute Gasteiger partial charge is 0.324 e. The van der Waals surface area contributed by atoms with Crippen LogP contribution in [0.4, 0.5) is 0 Å². The smallest absolute Gasteiger partial charge is 0.178 e. The number of allylic oxidation sites excluding steroid dienone is 1. The highest BCUT2D eigenvalue weighted by atomic mass is 15.6. The number of aryl methyl sites for hydroxylation is 1. The van der Waals surface area contributed by atoms with Crippen molar-refractivity contribution in [2.75, 3.05) is 0 Å². The second-order valence-electron chi connectivity index (χ2n) is 3.75. The summed E-state index contributed by atoms with van der Waals surface area (Å²) in [4.78, 5) is 1.48. The number of aromatic nitrogens is 4. The van der Waals surface area contributed by atoms with Gasteiger partial charge in [0, 0.05) is 12.5 Å². The summed E-state index contributed by atoms with van der Waals surface area (Å²) in [6.45, 7) is 0. The number of rotatable bonds is 2. The molecule has 5 nitrogen and oxygen atoms in total. The molecule has 0 aliphatic heterocycles. The maximum atomic E-state index is 5.85. The van der Waals surface area contributed by atoms with Crippen LogP contribution in [0.3, 0.4) is 0 Å². The van der Waals surface area contributed by atoms with E-state index in [1.807, 2.05) is 0 Å². The van der Waals surface area contributed by atoms with Crippen LogP contribution in [-0.4, -0.2) is 26.2 Å². The summed E-state index contributed by atoms with van der Waals surface area (Å²) in [5, 5.41) is 11.9. The van der Waals surface area contributed by atoms with Gasteiger partial charge < -0.3 is 5.73 Å². The van der Waals surface area contributed by atoms with Crippen LogP contribution in [0.15, 0.2) is 11.6 Å². The first-order valence-electron chi connectivity index (χ1n) is 4.92. The zero-order valence-corrected chi connectivity index (χ0v) is 8.35. The molecule has 1 aliphatic rings. The molecule has 0 saturated heterocycles. The first-order valence-corrected chi connectivity index (χ1v) is 4.92. The van der Waals surface area contributed by atoms with Gasteiger partial charge in [0.05, 0.1) is 7.05 Å². The predicted octanol–water partition coefficient (Wildman–Crippen LogP) is 0.190. The van der Waals surface area contributed by atoms with Crippen molar-refractivity contribution in [1.29, 1.82) is 0 Å². The van der Waals surface area contributed by atoms with Crippen molar-refractivity contribution in [2.45, 2.75) is 31.7 Å². The lowest BCUT2D eigenvalue weighted by Crippen LogP contribution is -2.21. The van der Waals surface area contributed by atoms with Gasteiger partial charge in [-0.2, -0.15) is 4.80 Å². The van der Waals surface area contributed by atoms with Crippen LogP contribution in [-0.2, 0) is 13.5 Å². The molecule has 1 aromatic rings. The van der Waals surface area contributed by atoms with Crippen LogP contribution in [0.5, 0.6) is 0 Å². The van der Waals surface area contributed by atoms with Gasteiger partial charge in [-0.25, -0.2) is 0 Å². The first-order chi connectivity index (χ1) is 6.74. The van der Waals surface area contributed by atoms with E-state index in [1.165, 1.54) is 16.8 Å². The van der Waals surface area contributed by atoms with Crippen LogP contribution in [0.1, 0.15) is 25.1 Å². The summed E-state index contributed by atoms with van der Waals surface area (Å²) < 4.78 is 0. The molecule has 0 fully saturated rings. The average molecular weight is 193 g/mol. The van der Waals surface area contributed by atoms with Crippen molar-refractivity contribution in [3.8, 4) is 0 Å². The molecule has 5 heteroatoms. The van der Waals surface area contributed by atoms with Gasteiger partial charge >= 0.3 is 0 Å². The van der Waals surface area contributed by atoms with E-state index in [2.05, 4.69) is 21.5 Å². The highest BCUT2D eigenvalue weighted by molar-refractivity contribution is 5.14. The van der Waals surface area contributed by atoms with E-state index in [-0.39, 0.29) is 6.04 Å². The molecule has 2 rings (SSSR count). The van der Waals surface area contributed by atoms with E-state index < -0.39 is 0 Å². The summed E-state index contributed by atoms with van der Waals surface area (Å²) >= 11 is 0. The molecule has 0 saturated carbocycles. The summed E-state index contributed by atoms with van der Waals surface area (Å²) in [7, 11) is 1.78. The van der Waals surface area contributed by atoms with Gasteiger partial charge in [0.2, 0.25) is 0 Å². The summed E-state index contributed by atoms with van der Waals surface area (Å²) in [5.74, 6) is 0.785. The SMILES string of the molecule is Cn1nnc(CC2=CC(N)CCC2)n1. The lowest BCUT2D eigenvalue weighted by atomic mass is 9.94. The number of tetrazole rings is 1.